The summed E-state index contributed by atoms with van der Waals surface area (Å²) in [7, 11) is 4.16. The molecule has 3 heterocycles. The molecule has 0 spiro atoms. The Kier molecular flexibility index (Phi) is 4.42. The second-order valence-electron chi connectivity index (χ2n) is 11.6. The van der Waals surface area contributed by atoms with E-state index in [1.165, 1.54) is 37.9 Å². The van der Waals surface area contributed by atoms with Crippen molar-refractivity contribution in [3.8, 4) is 0 Å². The van der Waals surface area contributed by atoms with Gasteiger partial charge >= 0.3 is 0 Å². The molecule has 3 aliphatic carbocycles. The Bertz CT molecular complexity index is 1100. The van der Waals surface area contributed by atoms with Crippen molar-refractivity contribution in [3.05, 3.63) is 36.3 Å². The highest BCUT2D eigenvalue weighted by molar-refractivity contribution is 5.89. The number of aromatic nitrogens is 3. The summed E-state index contributed by atoms with van der Waals surface area (Å²) in [5.74, 6) is 4.36. The van der Waals surface area contributed by atoms with E-state index in [1.54, 1.807) is 0 Å². The van der Waals surface area contributed by atoms with Gasteiger partial charge in [0.25, 0.3) is 0 Å². The van der Waals surface area contributed by atoms with Crippen LogP contribution in [0.5, 0.6) is 0 Å². The number of carbonyl (C=O) groups is 1. The van der Waals surface area contributed by atoms with Gasteiger partial charge in [-0.05, 0) is 85.8 Å². The summed E-state index contributed by atoms with van der Waals surface area (Å²) in [5.41, 5.74) is 2.55. The SMILES string of the molecule is CN1C(=O)C=C[C@]2(C)C3CC[C@]4(C)[C@@H](Cc5nc6ncccc6n5C)CC[C@H]4C3CC[C@@H]12. The summed E-state index contributed by atoms with van der Waals surface area (Å²) in [4.78, 5) is 23.7. The number of nitrogens with zero attached hydrogens (tertiary/aromatic N) is 4. The number of likely N-dealkylation sites (N-methyl/N-ethyl adjacent to an activating group) is 1. The number of fused-ring (bicyclic) bond motifs is 6. The molecule has 0 radical (unpaired) electrons. The molecule has 1 aliphatic heterocycles. The molecule has 3 saturated carbocycles. The van der Waals surface area contributed by atoms with E-state index in [-0.39, 0.29) is 11.3 Å². The molecule has 32 heavy (non-hydrogen) atoms. The van der Waals surface area contributed by atoms with Gasteiger partial charge in [0.2, 0.25) is 5.91 Å². The number of carbonyl (C=O) groups excluding carboxylic acids is 1. The Morgan fingerprint density at radius 1 is 1.09 bits per heavy atom. The zero-order chi connectivity index (χ0) is 22.3. The summed E-state index contributed by atoms with van der Waals surface area (Å²) >= 11 is 0. The maximum Gasteiger partial charge on any atom is 0.246 e. The molecule has 0 bridgehead atoms. The summed E-state index contributed by atoms with van der Waals surface area (Å²) in [5, 5.41) is 0. The van der Waals surface area contributed by atoms with Gasteiger partial charge in [-0.2, -0.15) is 0 Å². The summed E-state index contributed by atoms with van der Waals surface area (Å²) in [6.07, 6.45) is 14.7. The zero-order valence-electron chi connectivity index (χ0n) is 19.9. The van der Waals surface area contributed by atoms with E-state index in [9.17, 15) is 4.79 Å². The molecular weight excluding hydrogens is 396 g/mol. The molecule has 0 N–H and O–H groups in total. The van der Waals surface area contributed by atoms with Gasteiger partial charge in [0.15, 0.2) is 5.65 Å². The van der Waals surface area contributed by atoms with Crippen LogP contribution in [0.2, 0.25) is 0 Å². The zero-order valence-corrected chi connectivity index (χ0v) is 19.9. The Morgan fingerprint density at radius 3 is 2.75 bits per heavy atom. The van der Waals surface area contributed by atoms with Gasteiger partial charge in [0.1, 0.15) is 5.82 Å². The van der Waals surface area contributed by atoms with E-state index in [1.807, 2.05) is 30.3 Å². The van der Waals surface area contributed by atoms with Crippen LogP contribution in [0.25, 0.3) is 11.2 Å². The molecule has 7 atom stereocenters. The van der Waals surface area contributed by atoms with Crippen molar-refractivity contribution in [2.45, 2.75) is 64.8 Å². The van der Waals surface area contributed by atoms with Gasteiger partial charge < -0.3 is 9.47 Å². The first-order chi connectivity index (χ1) is 15.3. The Balaban J connectivity index is 1.28. The van der Waals surface area contributed by atoms with Crippen LogP contribution < -0.4 is 0 Å². The van der Waals surface area contributed by atoms with Crippen LogP contribution in [0.15, 0.2) is 30.5 Å². The van der Waals surface area contributed by atoms with Crippen molar-refractivity contribution in [1.82, 2.24) is 19.4 Å². The Hall–Kier alpha value is -2.17. The Labute approximate surface area is 191 Å². The highest BCUT2D eigenvalue weighted by atomic mass is 16.2. The second kappa shape index (κ2) is 6.91. The topological polar surface area (TPSA) is 51.0 Å². The lowest BCUT2D eigenvalue weighted by Gasteiger charge is -2.60. The Morgan fingerprint density at radius 2 is 1.94 bits per heavy atom. The molecule has 4 aliphatic rings. The number of amides is 1. The largest absolute Gasteiger partial charge is 0.338 e. The van der Waals surface area contributed by atoms with Crippen LogP contribution in [-0.4, -0.2) is 38.4 Å². The molecule has 0 saturated heterocycles. The van der Waals surface area contributed by atoms with Crippen molar-refractivity contribution < 1.29 is 4.79 Å². The van der Waals surface area contributed by atoms with Crippen molar-refractivity contribution in [1.29, 1.82) is 0 Å². The third kappa shape index (κ3) is 2.66. The van der Waals surface area contributed by atoms with E-state index in [2.05, 4.69) is 42.6 Å². The minimum Gasteiger partial charge on any atom is -0.338 e. The lowest BCUT2D eigenvalue weighted by atomic mass is 9.47. The molecule has 1 amide bonds. The number of hydrogen-bond acceptors (Lipinski definition) is 3. The minimum absolute atomic E-state index is 0.133. The third-order valence-corrected chi connectivity index (χ3v) is 10.5. The number of imidazole rings is 1. The van der Waals surface area contributed by atoms with Gasteiger partial charge in [0.05, 0.1) is 5.52 Å². The average molecular weight is 433 g/mol. The first-order valence-electron chi connectivity index (χ1n) is 12.6. The molecular formula is C27H36N4O. The molecule has 2 aromatic rings. The fourth-order valence-corrected chi connectivity index (χ4v) is 8.66. The molecule has 2 unspecified atom stereocenters. The normalized spacial score (nSPS) is 40.9. The van der Waals surface area contributed by atoms with Crippen molar-refractivity contribution in [2.24, 2.45) is 41.5 Å². The van der Waals surface area contributed by atoms with Gasteiger partial charge in [-0.3, -0.25) is 4.79 Å². The minimum atomic E-state index is 0.133. The van der Waals surface area contributed by atoms with Crippen LogP contribution in [0, 0.1) is 34.5 Å². The van der Waals surface area contributed by atoms with E-state index in [4.69, 9.17) is 4.98 Å². The summed E-state index contributed by atoms with van der Waals surface area (Å²) in [6, 6.07) is 4.50. The maximum absolute atomic E-state index is 12.3. The summed E-state index contributed by atoms with van der Waals surface area (Å²) in [6.45, 7) is 5.03. The molecule has 5 heteroatoms. The second-order valence-corrected chi connectivity index (χ2v) is 11.6. The van der Waals surface area contributed by atoms with E-state index in [0.29, 0.717) is 23.3 Å². The number of aryl methyl sites for hydroxylation is 1. The highest BCUT2D eigenvalue weighted by Crippen LogP contribution is 2.65. The predicted octanol–water partition coefficient (Wildman–Crippen LogP) is 4.77. The monoisotopic (exact) mass is 432 g/mol. The number of hydrogen-bond donors (Lipinski definition) is 0. The lowest BCUT2D eigenvalue weighted by molar-refractivity contribution is -0.138. The smallest absolute Gasteiger partial charge is 0.246 e. The van der Waals surface area contributed by atoms with E-state index in [0.717, 1.165) is 35.8 Å². The summed E-state index contributed by atoms with van der Waals surface area (Å²) < 4.78 is 2.26. The lowest BCUT2D eigenvalue weighted by Crippen LogP contribution is -2.59. The van der Waals surface area contributed by atoms with Gasteiger partial charge in [-0.25, -0.2) is 9.97 Å². The molecule has 6 rings (SSSR count). The molecule has 170 valence electrons. The molecule has 3 fully saturated rings. The third-order valence-electron chi connectivity index (χ3n) is 10.5. The van der Waals surface area contributed by atoms with Crippen molar-refractivity contribution in [2.75, 3.05) is 7.05 Å². The van der Waals surface area contributed by atoms with Crippen LogP contribution in [-0.2, 0) is 18.3 Å². The van der Waals surface area contributed by atoms with Gasteiger partial charge in [-0.15, -0.1) is 0 Å². The van der Waals surface area contributed by atoms with Crippen molar-refractivity contribution >= 4 is 17.1 Å². The first kappa shape index (κ1) is 20.4. The van der Waals surface area contributed by atoms with E-state index < -0.39 is 0 Å². The molecule has 5 nitrogen and oxygen atoms in total. The van der Waals surface area contributed by atoms with E-state index >= 15 is 0 Å². The fourth-order valence-electron chi connectivity index (χ4n) is 8.66. The molecule has 2 aromatic heterocycles. The molecule has 0 aromatic carbocycles. The average Bonchev–Trinajstić information content (AvgIpc) is 3.28. The van der Waals surface area contributed by atoms with Crippen LogP contribution in [0.4, 0.5) is 0 Å². The van der Waals surface area contributed by atoms with Crippen LogP contribution >= 0.6 is 0 Å². The van der Waals surface area contributed by atoms with Crippen LogP contribution in [0.1, 0.15) is 58.2 Å². The standard InChI is InChI=1S/C27H36N4O/c1-26-13-11-20-18(8-10-22-27(20,2)14-12-24(32)31(22)4)19(26)9-7-17(26)16-23-29-25-21(30(23)3)6-5-15-28-25/h5-6,12,14-15,17-20,22H,7-11,13,16H2,1-4H3/t17-,18?,19+,20?,22-,26-,27-/m1/s1. The van der Waals surface area contributed by atoms with Gasteiger partial charge in [0, 0.05) is 38.2 Å². The van der Waals surface area contributed by atoms with Crippen molar-refractivity contribution in [3.63, 3.8) is 0 Å². The highest BCUT2D eigenvalue weighted by Gasteiger charge is 2.60. The quantitative estimate of drug-likeness (QED) is 0.687. The van der Waals surface area contributed by atoms with Crippen LogP contribution in [0.3, 0.4) is 0 Å². The fraction of sp³-hybridized carbons (Fsp3) is 0.667. The van der Waals surface area contributed by atoms with Gasteiger partial charge in [-0.1, -0.05) is 19.9 Å². The first-order valence-corrected chi connectivity index (χ1v) is 12.6. The number of rotatable bonds is 2. The predicted molar refractivity (Wildman–Crippen MR) is 126 cm³/mol. The number of pyridine rings is 1. The maximum atomic E-state index is 12.3.